The molecule has 15 heteroatoms. The van der Waals surface area contributed by atoms with Crippen LogP contribution in [0.3, 0.4) is 0 Å². The number of aromatic nitrogens is 8. The van der Waals surface area contributed by atoms with Gasteiger partial charge < -0.3 is 29.2 Å². The first kappa shape index (κ1) is 45.1. The van der Waals surface area contributed by atoms with Crippen molar-refractivity contribution in [2.45, 2.75) is 27.7 Å². The molecule has 0 saturated heterocycles. The molecular formula is C54H43ClN12O2. The van der Waals surface area contributed by atoms with Crippen molar-refractivity contribution >= 4 is 56.9 Å². The molecule has 0 radical (unpaired) electrons. The van der Waals surface area contributed by atoms with Gasteiger partial charge in [-0.1, -0.05) is 11.6 Å². The molecule has 10 aromatic rings. The third kappa shape index (κ3) is 9.74. The van der Waals surface area contributed by atoms with Gasteiger partial charge in [0.15, 0.2) is 0 Å². The Labute approximate surface area is 403 Å². The largest absolute Gasteiger partial charge is 0.436 e. The summed E-state index contributed by atoms with van der Waals surface area (Å²) in [5.41, 5.74) is 13.9. The third-order valence-corrected chi connectivity index (χ3v) is 11.6. The summed E-state index contributed by atoms with van der Waals surface area (Å²) in [4.78, 5) is 26.8. The van der Waals surface area contributed by atoms with Crippen molar-refractivity contribution in [2.24, 2.45) is 14.1 Å². The monoisotopic (exact) mass is 926 g/mol. The van der Waals surface area contributed by atoms with E-state index < -0.39 is 0 Å². The predicted octanol–water partition coefficient (Wildman–Crippen LogP) is 12.8. The average Bonchev–Trinajstić information content (AvgIpc) is 3.88. The molecule has 14 nitrogen and oxygen atoms in total. The molecule has 0 saturated carbocycles. The zero-order valence-corrected chi connectivity index (χ0v) is 39.2. The molecule has 0 unspecified atom stereocenters. The van der Waals surface area contributed by atoms with E-state index in [4.69, 9.17) is 36.6 Å². The van der Waals surface area contributed by atoms with Crippen molar-refractivity contribution in [3.63, 3.8) is 0 Å². The van der Waals surface area contributed by atoms with Gasteiger partial charge in [-0.3, -0.25) is 9.97 Å². The highest BCUT2D eigenvalue weighted by Crippen LogP contribution is 2.39. The second kappa shape index (κ2) is 19.4. The summed E-state index contributed by atoms with van der Waals surface area (Å²) in [6, 6.07) is 36.7. The number of hydrogen-bond acceptors (Lipinski definition) is 12. The lowest BCUT2D eigenvalue weighted by atomic mass is 10.0. The van der Waals surface area contributed by atoms with Gasteiger partial charge in [0.25, 0.3) is 0 Å². The van der Waals surface area contributed by atoms with Crippen LogP contribution in [0.25, 0.3) is 44.3 Å². The smallest absolute Gasteiger partial charge is 0.249 e. The minimum absolute atomic E-state index is 0.342. The molecule has 0 bridgehead atoms. The molecule has 0 aliphatic rings. The van der Waals surface area contributed by atoms with Crippen LogP contribution in [0.4, 0.5) is 23.3 Å². The number of nitriles is 2. The first-order chi connectivity index (χ1) is 33.4. The number of ether oxygens (including phenoxy) is 2. The van der Waals surface area contributed by atoms with E-state index in [0.29, 0.717) is 50.8 Å². The summed E-state index contributed by atoms with van der Waals surface area (Å²) < 4.78 is 16.7. The van der Waals surface area contributed by atoms with Crippen LogP contribution in [-0.4, -0.2) is 39.0 Å². The fourth-order valence-electron chi connectivity index (χ4n) is 7.98. The molecule has 0 atom stereocenters. The quantitative estimate of drug-likeness (QED) is 0.133. The first-order valence-electron chi connectivity index (χ1n) is 21.7. The topological polar surface area (TPSA) is 177 Å². The average molecular weight is 927 g/mol. The third-order valence-electron chi connectivity index (χ3n) is 11.3. The number of halogens is 1. The molecule has 0 fully saturated rings. The number of anilines is 4. The SMILES string of the molecule is Cc1cc(-c2ccncc2)cc(C)c1Oc1nc(Nc2ccc(C#N)cc2)nc2c(Cl)cn(C)c12.Cc1cc(-c2ccncc2)cc(C)c1Oc1nc(Nc2ccc(C#N)cc2)nc2ccn(C)c12. The van der Waals surface area contributed by atoms with Crippen molar-refractivity contribution in [2.75, 3.05) is 10.6 Å². The second-order valence-corrected chi connectivity index (χ2v) is 16.7. The van der Waals surface area contributed by atoms with Crippen LogP contribution in [0.1, 0.15) is 33.4 Å². The molecule has 0 amide bonds. The maximum absolute atomic E-state index is 9.04. The van der Waals surface area contributed by atoms with Crippen molar-refractivity contribution < 1.29 is 9.47 Å². The zero-order chi connectivity index (χ0) is 48.2. The molecule has 69 heavy (non-hydrogen) atoms. The van der Waals surface area contributed by atoms with E-state index in [9.17, 15) is 0 Å². The lowest BCUT2D eigenvalue weighted by molar-refractivity contribution is 0.459. The fraction of sp³-hybridized carbons (Fsp3) is 0.111. The van der Waals surface area contributed by atoms with E-state index in [0.717, 1.165) is 78.4 Å². The summed E-state index contributed by atoms with van der Waals surface area (Å²) in [7, 11) is 3.82. The highest BCUT2D eigenvalue weighted by atomic mass is 35.5. The van der Waals surface area contributed by atoms with Crippen LogP contribution >= 0.6 is 11.6 Å². The van der Waals surface area contributed by atoms with Gasteiger partial charge in [-0.15, -0.1) is 0 Å². The maximum atomic E-state index is 9.04. The molecule has 0 aliphatic heterocycles. The van der Waals surface area contributed by atoms with E-state index in [1.54, 1.807) is 67.4 Å². The Morgan fingerprint density at radius 2 is 0.957 bits per heavy atom. The summed E-state index contributed by atoms with van der Waals surface area (Å²) in [6.45, 7) is 8.09. The van der Waals surface area contributed by atoms with Crippen LogP contribution in [0.15, 0.2) is 140 Å². The number of fused-ring (bicyclic) bond motifs is 2. The Hall–Kier alpha value is -9.11. The second-order valence-electron chi connectivity index (χ2n) is 16.3. The van der Waals surface area contributed by atoms with Crippen LogP contribution < -0.4 is 20.1 Å². The number of pyridine rings is 2. The number of hydrogen-bond donors (Lipinski definition) is 2. The van der Waals surface area contributed by atoms with Gasteiger partial charge in [-0.05, 0) is 175 Å². The van der Waals surface area contributed by atoms with Gasteiger partial charge in [-0.2, -0.15) is 20.5 Å². The highest BCUT2D eigenvalue weighted by Gasteiger charge is 2.20. The standard InChI is InChI=1S/C27H21ClN6O.C27H22N6O/c1-16-12-20(19-8-10-30-11-9-19)13-17(2)25(16)35-26-24-23(22(28)15-34(24)3)32-27(33-26)31-21-6-4-18(14-29)5-7-21;1-17-14-21(20-8-11-29-12-9-20)15-18(2)25(17)34-26-24-23(10-13-33(24)3)31-27(32-26)30-22-6-4-19(16-28)5-7-22/h4-13,15H,1-3H3,(H,31,32,33);4-15H,1-3H3,(H,30,31,32). The molecule has 10 rings (SSSR count). The number of rotatable bonds is 10. The minimum atomic E-state index is 0.342. The van der Waals surface area contributed by atoms with E-state index in [1.165, 1.54) is 0 Å². The van der Waals surface area contributed by atoms with Gasteiger partial charge in [0.05, 0.1) is 33.8 Å². The molecule has 6 heterocycles. The summed E-state index contributed by atoms with van der Waals surface area (Å²) >= 11 is 6.48. The Morgan fingerprint density at radius 1 is 0.522 bits per heavy atom. The van der Waals surface area contributed by atoms with Gasteiger partial charge in [0.2, 0.25) is 23.7 Å². The zero-order valence-electron chi connectivity index (χ0n) is 38.4. The minimum Gasteiger partial charge on any atom is -0.436 e. The van der Waals surface area contributed by atoms with Gasteiger partial charge in [-0.25, -0.2) is 9.97 Å². The Kier molecular flexibility index (Phi) is 12.7. The highest BCUT2D eigenvalue weighted by molar-refractivity contribution is 6.35. The van der Waals surface area contributed by atoms with E-state index in [2.05, 4.69) is 72.0 Å². The maximum Gasteiger partial charge on any atom is 0.249 e. The summed E-state index contributed by atoms with van der Waals surface area (Å²) in [5, 5.41) is 25.0. The van der Waals surface area contributed by atoms with Crippen molar-refractivity contribution in [1.29, 1.82) is 10.5 Å². The van der Waals surface area contributed by atoms with Gasteiger partial charge in [0.1, 0.15) is 28.0 Å². The van der Waals surface area contributed by atoms with Gasteiger partial charge >= 0.3 is 0 Å². The molecule has 6 aromatic heterocycles. The fourth-order valence-corrected chi connectivity index (χ4v) is 8.25. The lowest BCUT2D eigenvalue weighted by Crippen LogP contribution is -2.02. The number of nitrogens with zero attached hydrogens (tertiary/aromatic N) is 10. The molecule has 2 N–H and O–H groups in total. The van der Waals surface area contributed by atoms with Crippen LogP contribution in [-0.2, 0) is 14.1 Å². The normalized spacial score (nSPS) is 10.8. The van der Waals surface area contributed by atoms with E-state index in [1.807, 2.05) is 99.6 Å². The molecular weight excluding hydrogens is 884 g/mol. The number of benzene rings is 4. The van der Waals surface area contributed by atoms with Crippen LogP contribution in [0, 0.1) is 50.4 Å². The predicted molar refractivity (Wildman–Crippen MR) is 269 cm³/mol. The first-order valence-corrected chi connectivity index (χ1v) is 22.1. The van der Waals surface area contributed by atoms with E-state index in [-0.39, 0.29) is 0 Å². The Bertz CT molecular complexity index is 3550. The molecule has 0 spiro atoms. The van der Waals surface area contributed by atoms with Crippen molar-refractivity contribution in [3.05, 3.63) is 179 Å². The summed E-state index contributed by atoms with van der Waals surface area (Å²) in [5.74, 6) is 3.11. The number of nitrogens with one attached hydrogen (secondary N) is 2. The number of aryl methyl sites for hydroxylation is 6. The van der Waals surface area contributed by atoms with Crippen molar-refractivity contribution in [3.8, 4) is 57.7 Å². The van der Waals surface area contributed by atoms with Gasteiger partial charge in [0, 0.05) is 62.7 Å². The summed E-state index contributed by atoms with van der Waals surface area (Å²) in [6.07, 6.45) is 10.9. The Balaban J connectivity index is 0.000000172. The van der Waals surface area contributed by atoms with E-state index >= 15 is 0 Å². The lowest BCUT2D eigenvalue weighted by Gasteiger charge is -2.15. The molecule has 4 aromatic carbocycles. The molecule has 338 valence electrons. The van der Waals surface area contributed by atoms with Crippen LogP contribution in [0.5, 0.6) is 23.3 Å². The Morgan fingerprint density at radius 3 is 1.41 bits per heavy atom. The molecule has 0 aliphatic carbocycles. The van der Waals surface area contributed by atoms with Crippen molar-refractivity contribution in [1.82, 2.24) is 39.0 Å². The van der Waals surface area contributed by atoms with Crippen LogP contribution in [0.2, 0.25) is 5.02 Å².